The molecule has 0 aliphatic carbocycles. The van der Waals surface area contributed by atoms with Crippen LogP contribution in [0.5, 0.6) is 0 Å². The van der Waals surface area contributed by atoms with E-state index in [2.05, 4.69) is 136 Å². The van der Waals surface area contributed by atoms with Crippen LogP contribution < -0.4 is 4.40 Å². The summed E-state index contributed by atoms with van der Waals surface area (Å²) in [5.41, 5.74) is 13.1. The molecule has 323 valence electrons. The fraction of sp³-hybridized carbons (Fsp3) is 0.263. The molecule has 1 radical (unpaired) electrons. The van der Waals surface area contributed by atoms with Gasteiger partial charge in [-0.1, -0.05) is 100 Å². The van der Waals surface area contributed by atoms with Crippen LogP contribution in [0.2, 0.25) is 17.3 Å². The van der Waals surface area contributed by atoms with Gasteiger partial charge in [-0.3, -0.25) is 4.98 Å². The van der Waals surface area contributed by atoms with Crippen molar-refractivity contribution >= 4 is 50.6 Å². The molecule has 63 heavy (non-hydrogen) atoms. The third kappa shape index (κ3) is 9.44. The predicted molar refractivity (Wildman–Crippen MR) is 266 cm³/mol. The number of para-hydroxylation sites is 2. The minimum Gasteiger partial charge on any atom is -0.501 e. The number of aryl methyl sites for hydroxylation is 2. The van der Waals surface area contributed by atoms with Crippen LogP contribution in [0.3, 0.4) is 0 Å². The summed E-state index contributed by atoms with van der Waals surface area (Å²) in [5, 5.41) is 1.26. The van der Waals surface area contributed by atoms with Gasteiger partial charge in [-0.2, -0.15) is 0 Å². The monoisotopic (exact) mass is 1070 g/mol. The summed E-state index contributed by atoms with van der Waals surface area (Å²) in [4.78, 5) is 9.88. The third-order valence-corrected chi connectivity index (χ3v) is 15.9. The fourth-order valence-electron chi connectivity index (χ4n) is 8.53. The van der Waals surface area contributed by atoms with Crippen LogP contribution in [-0.4, -0.2) is 27.8 Å². The van der Waals surface area contributed by atoms with Gasteiger partial charge in [0.25, 0.3) is 0 Å². The number of rotatable bonds is 9. The van der Waals surface area contributed by atoms with Crippen LogP contribution >= 0.6 is 0 Å². The molecule has 0 fully saturated rings. The van der Waals surface area contributed by atoms with Gasteiger partial charge in [0.15, 0.2) is 0 Å². The molecule has 0 saturated carbocycles. The van der Waals surface area contributed by atoms with E-state index in [4.69, 9.17) is 21.2 Å². The number of pyridine rings is 1. The van der Waals surface area contributed by atoms with Gasteiger partial charge in [-0.15, -0.1) is 17.7 Å². The molecule has 3 heterocycles. The van der Waals surface area contributed by atoms with Gasteiger partial charge in [0.05, 0.1) is 22.4 Å². The number of imidazole rings is 1. The second kappa shape index (κ2) is 19.0. The van der Waals surface area contributed by atoms with E-state index in [9.17, 15) is 0 Å². The van der Waals surface area contributed by atoms with Crippen molar-refractivity contribution in [3.63, 3.8) is 0 Å². The van der Waals surface area contributed by atoms with E-state index in [0.29, 0.717) is 44.8 Å². The second-order valence-electron chi connectivity index (χ2n) is 18.4. The first kappa shape index (κ1) is 39.5. The molecule has 0 saturated heterocycles. The molecule has 0 aliphatic heterocycles. The van der Waals surface area contributed by atoms with Gasteiger partial charge >= 0.3 is 126 Å². The average molecular weight is 1070 g/mol. The Morgan fingerprint density at radius 2 is 1.49 bits per heavy atom. The molecule has 4 nitrogen and oxygen atoms in total. The fourth-order valence-corrected chi connectivity index (χ4v) is 11.9. The van der Waals surface area contributed by atoms with Gasteiger partial charge in [-0.25, -0.2) is 0 Å². The van der Waals surface area contributed by atoms with E-state index in [1.165, 1.54) is 22.8 Å². The molecule has 0 N–H and O–H groups in total. The normalized spacial score (nSPS) is 13.2. The smallest absolute Gasteiger partial charge is 0.121 e. The first-order valence-corrected chi connectivity index (χ1v) is 29.1. The Morgan fingerprint density at radius 3 is 2.14 bits per heavy atom. The van der Waals surface area contributed by atoms with Crippen molar-refractivity contribution < 1.29 is 31.4 Å². The predicted octanol–water partition coefficient (Wildman–Crippen LogP) is 15.2. The van der Waals surface area contributed by atoms with Crippen molar-refractivity contribution in [1.29, 1.82) is 0 Å². The van der Waals surface area contributed by atoms with Gasteiger partial charge in [-0.05, 0) is 76.8 Å². The van der Waals surface area contributed by atoms with Gasteiger partial charge < -0.3 is 8.98 Å². The molecule has 6 aromatic carbocycles. The van der Waals surface area contributed by atoms with Gasteiger partial charge in [0.1, 0.15) is 5.58 Å². The molecule has 3 aromatic heterocycles. The number of hydrogen-bond acceptors (Lipinski definition) is 3. The van der Waals surface area contributed by atoms with Crippen LogP contribution in [0.25, 0.3) is 72.4 Å². The van der Waals surface area contributed by atoms with Crippen molar-refractivity contribution in [2.75, 3.05) is 0 Å². The van der Waals surface area contributed by atoms with E-state index in [-0.39, 0.29) is 37.5 Å². The maximum absolute atomic E-state index is 8.33. The Kier molecular flexibility index (Phi) is 11.9. The average Bonchev–Trinajstić information content (AvgIpc) is 3.87. The number of nitrogens with zero attached hydrogens (tertiary/aromatic N) is 3. The Hall–Kier alpha value is -5.07. The number of aromatic nitrogens is 3. The number of hydrogen-bond donors (Lipinski definition) is 0. The first-order chi connectivity index (χ1) is 31.8. The zero-order chi connectivity index (χ0) is 47.9. The van der Waals surface area contributed by atoms with E-state index in [1.807, 2.05) is 42.5 Å². The van der Waals surface area contributed by atoms with E-state index < -0.39 is 27.0 Å². The molecule has 9 rings (SSSR count). The second-order valence-corrected chi connectivity index (χ2v) is 29.0. The van der Waals surface area contributed by atoms with Crippen LogP contribution in [0.15, 0.2) is 132 Å². The molecule has 0 atom stereocenters. The number of benzene rings is 6. The molecule has 0 aliphatic rings. The number of furan rings is 1. The molecule has 6 heteroatoms. The van der Waals surface area contributed by atoms with Crippen molar-refractivity contribution in [2.45, 2.75) is 90.8 Å². The largest absolute Gasteiger partial charge is 0.501 e. The molecule has 0 bridgehead atoms. The number of fused-ring (bicyclic) bond motifs is 4. The first-order valence-electron chi connectivity index (χ1n) is 24.4. The van der Waals surface area contributed by atoms with Crippen LogP contribution in [0.1, 0.15) is 88.0 Å². The van der Waals surface area contributed by atoms with Crippen molar-refractivity contribution in [2.24, 2.45) is 5.92 Å². The molecule has 9 aromatic rings. The van der Waals surface area contributed by atoms with Crippen molar-refractivity contribution in [1.82, 2.24) is 14.5 Å². The minimum atomic E-state index is -2.31. The third-order valence-electron chi connectivity index (χ3n) is 11.5. The summed E-state index contributed by atoms with van der Waals surface area (Å²) in [6.45, 7) is 9.80. The quantitative estimate of drug-likeness (QED) is 0.107. The molecule has 0 amide bonds. The van der Waals surface area contributed by atoms with Crippen molar-refractivity contribution in [3.05, 3.63) is 167 Å². The molecule has 0 spiro atoms. The van der Waals surface area contributed by atoms with E-state index in [0.717, 1.165) is 45.5 Å². The summed E-state index contributed by atoms with van der Waals surface area (Å²) in [5.74, 6) is 8.99. The maximum atomic E-state index is 8.33. The topological polar surface area (TPSA) is 43.9 Å². The summed E-state index contributed by atoms with van der Waals surface area (Å²) < 4.78 is 50.7. The van der Waals surface area contributed by atoms with E-state index in [1.54, 1.807) is 22.6 Å². The SMILES string of the molecule is CC(C)Cc1cc(-c2[c-]cccc2)nc[c]1[Ge]([CH3])([CH3])[CH3].[2H]C([2H])c1c[c-]c(-c2nc3ccccc3n2-c2c(C(C)C)cc(-c3ccccc3)cc2C(C)C)c2oc3cc(C([2H])([2H])[2H])ccc3c12.[Ir]. The minimum absolute atomic E-state index is 0. The Morgan fingerprint density at radius 1 is 0.778 bits per heavy atom. The summed E-state index contributed by atoms with van der Waals surface area (Å²) >= 11 is -1.86. The standard InChI is InChI=1S/C39H35N2O.C18H24GeN.Ir/c1-23(2)31-21-28(27-12-8-7-9-13-27)22-32(24(3)4)37(31)41-34-15-11-10-14-33(34)40-39(41)30-19-17-26(6)36-29-18-16-25(5)20-35(29)42-38(30)36;1-14(2)11-16-12-18(15-9-7-6-8-10-15)20-13-17(16)19(3,4)5;/h7-18,20-24H,1-6H3;6-9,12-14H,11H2,1-5H3;/q2*-1;/i5D3,6D2;;. The van der Waals surface area contributed by atoms with Crippen LogP contribution in [0.4, 0.5) is 0 Å². The molecular formula is C57H59GeIrN3O-2. The molecule has 0 unspecified atom stereocenters. The zero-order valence-electron chi connectivity index (χ0n) is 42.7. The Labute approximate surface area is 398 Å². The Balaban J connectivity index is 0.000000274. The zero-order valence-corrected chi connectivity index (χ0v) is 42.2. The summed E-state index contributed by atoms with van der Waals surface area (Å²) in [6, 6.07) is 46.6. The van der Waals surface area contributed by atoms with Gasteiger partial charge in [0, 0.05) is 38.0 Å². The Bertz CT molecular complexity index is 3180. The van der Waals surface area contributed by atoms with Crippen LogP contribution in [-0.2, 0) is 26.5 Å². The summed E-state index contributed by atoms with van der Waals surface area (Å²) in [7, 11) is 0. The summed E-state index contributed by atoms with van der Waals surface area (Å²) in [6.07, 6.45) is 3.27. The molecular weight excluding hydrogens is 1010 g/mol. The van der Waals surface area contributed by atoms with Gasteiger partial charge in [0.2, 0.25) is 0 Å². The van der Waals surface area contributed by atoms with E-state index >= 15 is 0 Å². The maximum Gasteiger partial charge on any atom is 0.121 e. The van der Waals surface area contributed by atoms with Crippen molar-refractivity contribution in [3.8, 4) is 39.5 Å². The van der Waals surface area contributed by atoms with Crippen LogP contribution in [0, 0.1) is 31.8 Å².